The monoisotopic (exact) mass is 610 g/mol. The minimum absolute atomic E-state index is 0.356. The molecule has 228 valence electrons. The maximum Gasteiger partial charge on any atom is 0.137 e. The molecule has 6 nitrogen and oxygen atoms in total. The van der Waals surface area contributed by atoms with Crippen molar-refractivity contribution in [2.24, 2.45) is 0 Å². The minimum atomic E-state index is -0.356. The van der Waals surface area contributed by atoms with Crippen LogP contribution in [0.5, 0.6) is 0 Å². The third kappa shape index (κ3) is 4.50. The molecule has 0 unspecified atom stereocenters. The maximum atomic E-state index is 14.9. The van der Waals surface area contributed by atoms with Crippen LogP contribution in [0, 0.1) is 11.6 Å². The molecule has 0 saturated heterocycles. The summed E-state index contributed by atoms with van der Waals surface area (Å²) in [4.78, 5) is 0. The molecule has 0 N–H and O–H groups in total. The number of benzene rings is 4. The zero-order valence-electron chi connectivity index (χ0n) is 25.8. The topological polar surface area (TPSA) is 61.4 Å². The van der Waals surface area contributed by atoms with Gasteiger partial charge in [0.15, 0.2) is 0 Å². The summed E-state index contributed by atoms with van der Waals surface area (Å²) >= 11 is 0. The molecule has 0 fully saturated rings. The van der Waals surface area contributed by atoms with E-state index < -0.39 is 0 Å². The van der Waals surface area contributed by atoms with Crippen LogP contribution in [0.3, 0.4) is 0 Å². The maximum absolute atomic E-state index is 14.9. The van der Waals surface area contributed by atoms with Crippen LogP contribution in [-0.4, -0.2) is 29.5 Å². The Hall–Kier alpha value is -5.24. The van der Waals surface area contributed by atoms with E-state index in [-0.39, 0.29) is 11.6 Å². The predicted octanol–water partition coefficient (Wildman–Crippen LogP) is 9.58. The lowest BCUT2D eigenvalue weighted by Crippen LogP contribution is -2.00. The number of hydrogen-bond donors (Lipinski definition) is 0. The number of rotatable bonds is 8. The molecule has 0 atom stereocenters. The van der Waals surface area contributed by atoms with Gasteiger partial charge in [-0.1, -0.05) is 51.0 Å². The fraction of sp³-hybridized carbons (Fsp3) is 0.211. The Balaban J connectivity index is 1.55. The van der Waals surface area contributed by atoms with Gasteiger partial charge in [-0.05, 0) is 97.5 Å². The summed E-state index contributed by atoms with van der Waals surface area (Å²) in [5.41, 5.74) is 9.61. The number of fused-ring (bicyclic) bond motifs is 9. The smallest absolute Gasteiger partial charge is 0.137 e. The van der Waals surface area contributed by atoms with Crippen LogP contribution in [0.1, 0.15) is 50.7 Å². The molecule has 0 aliphatic heterocycles. The zero-order chi connectivity index (χ0) is 31.4. The van der Waals surface area contributed by atoms with Gasteiger partial charge in [0.05, 0.1) is 22.1 Å². The van der Waals surface area contributed by atoms with Gasteiger partial charge in [0.25, 0.3) is 0 Å². The molecule has 0 saturated carbocycles. The highest BCUT2D eigenvalue weighted by Gasteiger charge is 2.27. The first kappa shape index (κ1) is 28.2. The first-order valence-corrected chi connectivity index (χ1v) is 16.0. The van der Waals surface area contributed by atoms with Crippen molar-refractivity contribution in [2.75, 3.05) is 0 Å². The van der Waals surface area contributed by atoms with E-state index in [0.717, 1.165) is 72.0 Å². The molecule has 0 bridgehead atoms. The van der Waals surface area contributed by atoms with Crippen LogP contribution >= 0.6 is 0 Å². The highest BCUT2D eigenvalue weighted by Crippen LogP contribution is 2.42. The molecule has 0 amide bonds. The van der Waals surface area contributed by atoms with Gasteiger partial charge < -0.3 is 9.13 Å². The van der Waals surface area contributed by atoms with E-state index in [1.165, 1.54) is 35.4 Å². The van der Waals surface area contributed by atoms with Crippen molar-refractivity contribution in [2.45, 2.75) is 52.4 Å². The van der Waals surface area contributed by atoms with Gasteiger partial charge in [-0.15, -0.1) is 20.4 Å². The van der Waals surface area contributed by atoms with Crippen LogP contribution in [-0.2, 0) is 12.8 Å². The van der Waals surface area contributed by atoms with Gasteiger partial charge in [0.1, 0.15) is 33.7 Å². The Kier molecular flexibility index (Phi) is 6.93. The Morgan fingerprint density at radius 1 is 0.500 bits per heavy atom. The van der Waals surface area contributed by atoms with Crippen LogP contribution in [0.2, 0.25) is 0 Å². The molecule has 4 aromatic heterocycles. The first-order chi connectivity index (χ1) is 22.6. The van der Waals surface area contributed by atoms with Crippen LogP contribution < -0.4 is 0 Å². The van der Waals surface area contributed by atoms with Gasteiger partial charge in [0.2, 0.25) is 0 Å². The van der Waals surface area contributed by atoms with Gasteiger partial charge in [-0.25, -0.2) is 8.78 Å². The van der Waals surface area contributed by atoms with Crippen molar-refractivity contribution in [3.8, 4) is 11.4 Å². The second-order valence-electron chi connectivity index (χ2n) is 12.0. The summed E-state index contributed by atoms with van der Waals surface area (Å²) in [6.45, 7) is 4.38. The van der Waals surface area contributed by atoms with Crippen molar-refractivity contribution in [3.05, 3.63) is 108 Å². The Labute approximate surface area is 264 Å². The van der Waals surface area contributed by atoms with E-state index >= 15 is 0 Å². The van der Waals surface area contributed by atoms with Crippen molar-refractivity contribution >= 4 is 54.9 Å². The molecular formula is C38H32F2N6. The second kappa shape index (κ2) is 11.3. The lowest BCUT2D eigenvalue weighted by Gasteiger charge is -2.12. The van der Waals surface area contributed by atoms with Crippen LogP contribution in [0.15, 0.2) is 84.9 Å². The highest BCUT2D eigenvalue weighted by atomic mass is 19.1. The summed E-state index contributed by atoms with van der Waals surface area (Å²) in [7, 11) is 0. The number of aryl methyl sites for hydroxylation is 2. The fourth-order valence-corrected chi connectivity index (χ4v) is 6.67. The average Bonchev–Trinajstić information content (AvgIpc) is 3.60. The molecule has 0 spiro atoms. The van der Waals surface area contributed by atoms with Crippen molar-refractivity contribution in [3.63, 3.8) is 0 Å². The van der Waals surface area contributed by atoms with E-state index in [4.69, 9.17) is 10.2 Å². The zero-order valence-corrected chi connectivity index (χ0v) is 25.8. The summed E-state index contributed by atoms with van der Waals surface area (Å²) < 4.78 is 33.9. The first-order valence-electron chi connectivity index (χ1n) is 16.0. The summed E-state index contributed by atoms with van der Waals surface area (Å²) in [5, 5.41) is 19.9. The number of aromatic nitrogens is 6. The second-order valence-corrected chi connectivity index (χ2v) is 12.0. The third-order valence-corrected chi connectivity index (χ3v) is 8.99. The number of unbranched alkanes of at least 4 members (excludes halogenated alkanes) is 2. The van der Waals surface area contributed by atoms with Gasteiger partial charge in [-0.2, -0.15) is 0 Å². The Morgan fingerprint density at radius 3 is 1.30 bits per heavy atom. The quantitative estimate of drug-likeness (QED) is 0.172. The summed E-state index contributed by atoms with van der Waals surface area (Å²) in [6.07, 6.45) is 6.45. The lowest BCUT2D eigenvalue weighted by molar-refractivity contribution is 0.629. The summed E-state index contributed by atoms with van der Waals surface area (Å²) in [5.74, 6) is -0.711. The van der Waals surface area contributed by atoms with E-state index in [2.05, 4.69) is 81.7 Å². The molecule has 8 aromatic rings. The normalized spacial score (nSPS) is 12.0. The van der Waals surface area contributed by atoms with Crippen molar-refractivity contribution in [1.29, 1.82) is 0 Å². The van der Waals surface area contributed by atoms with E-state index in [1.807, 2.05) is 0 Å². The lowest BCUT2D eigenvalue weighted by atomic mass is 10.1. The number of hydrogen-bond acceptors (Lipinski definition) is 4. The highest BCUT2D eigenvalue weighted by molar-refractivity contribution is 6.24. The molecule has 4 heterocycles. The molecule has 46 heavy (non-hydrogen) atoms. The molecule has 0 aliphatic rings. The van der Waals surface area contributed by atoms with Crippen molar-refractivity contribution in [1.82, 2.24) is 29.5 Å². The third-order valence-electron chi connectivity index (χ3n) is 8.99. The van der Waals surface area contributed by atoms with E-state index in [0.29, 0.717) is 32.8 Å². The average molecular weight is 611 g/mol. The number of nitrogens with zero attached hydrogens (tertiary/aromatic N) is 6. The van der Waals surface area contributed by atoms with Gasteiger partial charge in [0, 0.05) is 22.1 Å². The van der Waals surface area contributed by atoms with Crippen LogP contribution in [0.25, 0.3) is 66.3 Å². The van der Waals surface area contributed by atoms with Crippen molar-refractivity contribution < 1.29 is 8.78 Å². The standard InChI is InChI=1S/C38H32F2N6/c1-3-5-7-23-9-15-27(16-10-23)45-35-29-21-25(39)13-19-31(29)41-43-33(35)38-37(45)34-36(30-22-26(40)14-20-32(30)42-44-34)46(38)28-17-11-24(12-18-28)8-6-4-2/h9-22H,3-8H2,1-2H3. The minimum Gasteiger partial charge on any atom is -0.303 e. The fourth-order valence-electron chi connectivity index (χ4n) is 6.67. The molecule has 8 heteroatoms. The van der Waals surface area contributed by atoms with Gasteiger partial charge >= 0.3 is 0 Å². The molecule has 0 radical (unpaired) electrons. The predicted molar refractivity (Wildman–Crippen MR) is 181 cm³/mol. The van der Waals surface area contributed by atoms with E-state index in [1.54, 1.807) is 12.1 Å². The van der Waals surface area contributed by atoms with Crippen LogP contribution in [0.4, 0.5) is 8.78 Å². The Morgan fingerprint density at radius 2 is 0.913 bits per heavy atom. The molecular weight excluding hydrogens is 578 g/mol. The Bertz CT molecular complexity index is 2240. The van der Waals surface area contributed by atoms with E-state index in [9.17, 15) is 8.78 Å². The molecule has 8 rings (SSSR count). The SMILES string of the molecule is CCCCc1ccc(-n2c3c4cc(F)ccc4nnc3c3c2c2nnc4ccc(F)cc4c2n3-c2ccc(CCCC)cc2)cc1. The van der Waals surface area contributed by atoms with Gasteiger partial charge in [-0.3, -0.25) is 0 Å². The number of halogens is 2. The molecule has 0 aliphatic carbocycles. The molecule has 4 aromatic carbocycles. The summed E-state index contributed by atoms with van der Waals surface area (Å²) in [6, 6.07) is 26.1. The largest absolute Gasteiger partial charge is 0.303 e.